The van der Waals surface area contributed by atoms with Gasteiger partial charge in [-0.05, 0) is 60.3 Å². The van der Waals surface area contributed by atoms with Crippen molar-refractivity contribution < 1.29 is 23.9 Å². The molecular weight excluding hydrogens is 408 g/mol. The van der Waals surface area contributed by atoms with Gasteiger partial charge in [-0.1, -0.05) is 27.7 Å². The van der Waals surface area contributed by atoms with Gasteiger partial charge in [0.25, 0.3) is 0 Å². The number of likely N-dealkylation sites (tertiary alicyclic amines) is 1. The number of imide groups is 1. The quantitative estimate of drug-likeness (QED) is 0.358. The van der Waals surface area contributed by atoms with E-state index in [-0.39, 0.29) is 42.4 Å². The highest BCUT2D eigenvalue weighted by molar-refractivity contribution is 6.04. The zero-order chi connectivity index (χ0) is 25.1. The van der Waals surface area contributed by atoms with E-state index in [1.165, 1.54) is 4.90 Å². The summed E-state index contributed by atoms with van der Waals surface area (Å²) in [4.78, 5) is 50.6. The first-order valence-corrected chi connectivity index (χ1v) is 11.6. The Morgan fingerprint density at radius 2 is 1.69 bits per heavy atom. The van der Waals surface area contributed by atoms with Gasteiger partial charge in [0.15, 0.2) is 0 Å². The molecule has 0 spiro atoms. The molecule has 0 aromatic rings. The van der Waals surface area contributed by atoms with Crippen LogP contribution < -0.4 is 5.32 Å². The predicted molar refractivity (Wildman–Crippen MR) is 125 cm³/mol. The summed E-state index contributed by atoms with van der Waals surface area (Å²) in [5.41, 5.74) is -2.39. The smallest absolute Gasteiger partial charge is 0.233 e. The van der Waals surface area contributed by atoms with E-state index in [1.54, 1.807) is 13.8 Å². The fraction of sp³-hybridized carbons (Fsp3) is 0.840. The standard InChI is InChI=1S/C25H44N2O5/c1-17(2)18-13-20(30)27(21(18)31)24(7,8)14-19(29)26-23(5,6)15-25(9,10)32-12-11-22(3,4)16-28/h16-18H,11-15H2,1-10H3,(H,26,29). The third kappa shape index (κ3) is 7.98. The van der Waals surface area contributed by atoms with E-state index >= 15 is 0 Å². The molecule has 1 atom stereocenters. The summed E-state index contributed by atoms with van der Waals surface area (Å²) >= 11 is 0. The van der Waals surface area contributed by atoms with E-state index in [2.05, 4.69) is 5.32 Å². The second-order valence-electron chi connectivity index (χ2n) is 12.2. The molecule has 1 aliphatic heterocycles. The van der Waals surface area contributed by atoms with E-state index in [0.29, 0.717) is 19.4 Å². The van der Waals surface area contributed by atoms with Gasteiger partial charge >= 0.3 is 0 Å². The highest BCUT2D eigenvalue weighted by Crippen LogP contribution is 2.33. The molecule has 0 aromatic carbocycles. The van der Waals surface area contributed by atoms with Gasteiger partial charge in [-0.25, -0.2) is 0 Å². The van der Waals surface area contributed by atoms with Crippen molar-refractivity contribution in [2.45, 2.75) is 112 Å². The van der Waals surface area contributed by atoms with Crippen molar-refractivity contribution in [3.05, 3.63) is 0 Å². The van der Waals surface area contributed by atoms with Gasteiger partial charge in [-0.15, -0.1) is 0 Å². The number of nitrogens with zero attached hydrogens (tertiary/aromatic N) is 1. The number of carbonyl (C=O) groups is 4. The normalized spacial score (nSPS) is 18.5. The lowest BCUT2D eigenvalue weighted by molar-refractivity contribution is -0.147. The lowest BCUT2D eigenvalue weighted by Crippen LogP contribution is -2.54. The Labute approximate surface area is 194 Å². The van der Waals surface area contributed by atoms with Crippen LogP contribution >= 0.6 is 0 Å². The van der Waals surface area contributed by atoms with Crippen LogP contribution in [0.3, 0.4) is 0 Å². The minimum atomic E-state index is -0.898. The molecule has 0 bridgehead atoms. The Balaban J connectivity index is 2.72. The first-order chi connectivity index (χ1) is 14.3. The maximum Gasteiger partial charge on any atom is 0.233 e. The van der Waals surface area contributed by atoms with Crippen LogP contribution in [0, 0.1) is 17.3 Å². The van der Waals surface area contributed by atoms with Crippen molar-refractivity contribution in [2.24, 2.45) is 17.3 Å². The molecule has 0 saturated carbocycles. The van der Waals surface area contributed by atoms with Gasteiger partial charge in [0, 0.05) is 36.3 Å². The van der Waals surface area contributed by atoms with Crippen LogP contribution in [-0.4, -0.2) is 52.2 Å². The fourth-order valence-corrected chi connectivity index (χ4v) is 4.51. The van der Waals surface area contributed by atoms with Gasteiger partial charge < -0.3 is 14.8 Å². The van der Waals surface area contributed by atoms with Crippen molar-refractivity contribution in [1.29, 1.82) is 0 Å². The second-order valence-corrected chi connectivity index (χ2v) is 12.2. The number of amides is 3. The average molecular weight is 453 g/mol. The minimum absolute atomic E-state index is 0.0353. The Morgan fingerprint density at radius 1 is 1.12 bits per heavy atom. The summed E-state index contributed by atoms with van der Waals surface area (Å²) in [5.74, 6) is -0.845. The monoisotopic (exact) mass is 452 g/mol. The highest BCUT2D eigenvalue weighted by Gasteiger charge is 2.47. The first kappa shape index (κ1) is 28.3. The Morgan fingerprint density at radius 3 is 2.16 bits per heavy atom. The minimum Gasteiger partial charge on any atom is -0.375 e. The number of hydrogen-bond donors (Lipinski definition) is 1. The Hall–Kier alpha value is -1.76. The summed E-state index contributed by atoms with van der Waals surface area (Å²) in [6.07, 6.45) is 2.36. The number of rotatable bonds is 12. The molecule has 1 unspecified atom stereocenters. The second kappa shape index (κ2) is 10.0. The summed E-state index contributed by atoms with van der Waals surface area (Å²) < 4.78 is 6.02. The molecule has 0 aromatic heterocycles. The van der Waals surface area contributed by atoms with Gasteiger partial charge in [0.05, 0.1) is 11.1 Å². The van der Waals surface area contributed by atoms with Crippen LogP contribution in [0.1, 0.15) is 94.9 Å². The molecule has 184 valence electrons. The van der Waals surface area contributed by atoms with Gasteiger partial charge in [-0.3, -0.25) is 19.3 Å². The molecule has 3 amide bonds. The molecule has 1 N–H and O–H groups in total. The molecule has 0 aliphatic carbocycles. The van der Waals surface area contributed by atoms with Crippen LogP contribution in [-0.2, 0) is 23.9 Å². The zero-order valence-electron chi connectivity index (χ0n) is 21.8. The van der Waals surface area contributed by atoms with Crippen LogP contribution in [0.15, 0.2) is 0 Å². The SMILES string of the molecule is CC(C)C1CC(=O)N(C(C)(C)CC(=O)NC(C)(C)CC(C)(C)OCCC(C)(C)C=O)C1=O. The zero-order valence-corrected chi connectivity index (χ0v) is 21.8. The number of aldehydes is 1. The number of carbonyl (C=O) groups excluding carboxylic acids is 4. The molecule has 0 radical (unpaired) electrons. The van der Waals surface area contributed by atoms with Crippen LogP contribution in [0.4, 0.5) is 0 Å². The van der Waals surface area contributed by atoms with Crippen molar-refractivity contribution in [2.75, 3.05) is 6.61 Å². The maximum absolute atomic E-state index is 12.9. The van der Waals surface area contributed by atoms with Crippen molar-refractivity contribution in [1.82, 2.24) is 10.2 Å². The van der Waals surface area contributed by atoms with E-state index in [1.807, 2.05) is 55.4 Å². The van der Waals surface area contributed by atoms with Crippen molar-refractivity contribution in [3.63, 3.8) is 0 Å². The van der Waals surface area contributed by atoms with E-state index in [4.69, 9.17) is 4.74 Å². The molecule has 1 aliphatic rings. The molecule has 32 heavy (non-hydrogen) atoms. The van der Waals surface area contributed by atoms with Crippen LogP contribution in [0.25, 0.3) is 0 Å². The third-order valence-corrected chi connectivity index (χ3v) is 6.09. The van der Waals surface area contributed by atoms with E-state index in [0.717, 1.165) is 6.29 Å². The number of nitrogens with one attached hydrogen (secondary N) is 1. The summed E-state index contributed by atoms with van der Waals surface area (Å²) in [6, 6.07) is 0. The summed E-state index contributed by atoms with van der Waals surface area (Å²) in [5, 5.41) is 3.05. The lowest BCUT2D eigenvalue weighted by Gasteiger charge is -2.38. The van der Waals surface area contributed by atoms with Gasteiger partial charge in [-0.2, -0.15) is 0 Å². The average Bonchev–Trinajstić information content (AvgIpc) is 2.87. The lowest BCUT2D eigenvalue weighted by atomic mass is 9.88. The number of hydrogen-bond acceptors (Lipinski definition) is 5. The Bertz CT molecular complexity index is 722. The largest absolute Gasteiger partial charge is 0.375 e. The molecular formula is C25H44N2O5. The highest BCUT2D eigenvalue weighted by atomic mass is 16.5. The predicted octanol–water partition coefficient (Wildman–Crippen LogP) is 3.88. The van der Waals surface area contributed by atoms with Gasteiger partial charge in [0.1, 0.15) is 6.29 Å². The summed E-state index contributed by atoms with van der Waals surface area (Å²) in [6.45, 7) is 19.4. The van der Waals surface area contributed by atoms with Crippen LogP contribution in [0.5, 0.6) is 0 Å². The molecule has 1 heterocycles. The van der Waals surface area contributed by atoms with E-state index < -0.39 is 22.1 Å². The molecule has 7 heteroatoms. The maximum atomic E-state index is 12.9. The van der Waals surface area contributed by atoms with Gasteiger partial charge in [0.2, 0.25) is 17.7 Å². The molecule has 1 saturated heterocycles. The van der Waals surface area contributed by atoms with Crippen LogP contribution in [0.2, 0.25) is 0 Å². The topological polar surface area (TPSA) is 92.8 Å². The van der Waals surface area contributed by atoms with Crippen molar-refractivity contribution >= 4 is 24.0 Å². The van der Waals surface area contributed by atoms with E-state index in [9.17, 15) is 19.2 Å². The molecule has 7 nitrogen and oxygen atoms in total. The number of ether oxygens (including phenoxy) is 1. The Kier molecular flexibility index (Phi) is 8.85. The molecule has 1 rings (SSSR count). The first-order valence-electron chi connectivity index (χ1n) is 11.6. The third-order valence-electron chi connectivity index (χ3n) is 6.09. The summed E-state index contributed by atoms with van der Waals surface area (Å²) in [7, 11) is 0. The fourth-order valence-electron chi connectivity index (χ4n) is 4.51. The molecule has 1 fully saturated rings. The van der Waals surface area contributed by atoms with Crippen molar-refractivity contribution in [3.8, 4) is 0 Å².